The van der Waals surface area contributed by atoms with Gasteiger partial charge in [-0.3, -0.25) is 9.78 Å². The van der Waals surface area contributed by atoms with Gasteiger partial charge in [0.15, 0.2) is 5.96 Å². The Labute approximate surface area is 159 Å². The minimum Gasteiger partial charge on any atom is -0.349 e. The number of pyridine rings is 1. The van der Waals surface area contributed by atoms with E-state index in [4.69, 9.17) is 0 Å². The van der Waals surface area contributed by atoms with Crippen molar-refractivity contribution in [3.8, 4) is 0 Å². The van der Waals surface area contributed by atoms with Gasteiger partial charge in [-0.2, -0.15) is 0 Å². The molecule has 0 spiro atoms. The monoisotopic (exact) mass is 439 g/mol. The molecule has 0 saturated carbocycles. The van der Waals surface area contributed by atoms with Crippen LogP contribution in [-0.2, 0) is 11.3 Å². The lowest BCUT2D eigenvalue weighted by molar-refractivity contribution is -0.115. The fraction of sp³-hybridized carbons (Fsp3) is 0.235. The Balaban J connectivity index is 0.00000288. The zero-order chi connectivity index (χ0) is 16.5. The molecule has 0 radical (unpaired) electrons. The number of guanidine groups is 1. The first-order valence-corrected chi connectivity index (χ1v) is 7.34. The minimum atomic E-state index is -0.146. The normalized spacial score (nSPS) is 10.5. The lowest BCUT2D eigenvalue weighted by Crippen LogP contribution is -2.40. The molecule has 6 nitrogen and oxygen atoms in total. The van der Waals surface area contributed by atoms with Crippen LogP contribution < -0.4 is 10.6 Å². The van der Waals surface area contributed by atoms with Crippen LogP contribution in [0.25, 0.3) is 0 Å². The van der Waals surface area contributed by atoms with Crippen molar-refractivity contribution in [2.45, 2.75) is 6.54 Å². The second-order valence-corrected chi connectivity index (χ2v) is 5.16. The molecular weight excluding hydrogens is 417 g/mol. The molecule has 2 rings (SSSR count). The first kappa shape index (κ1) is 19.9. The standard InChI is InChI=1S/C17H21N5O.HI/c1-22(2)17(19-11-14-7-4-3-5-8-14)20-13-16(23)21-15-9-6-10-18-12-15;/h3-10,12H,11,13H2,1-2H3,(H,19,20)(H,21,23);1H. The maximum absolute atomic E-state index is 11.9. The zero-order valence-electron chi connectivity index (χ0n) is 13.8. The molecule has 0 aliphatic carbocycles. The maximum Gasteiger partial charge on any atom is 0.243 e. The summed E-state index contributed by atoms with van der Waals surface area (Å²) in [5.74, 6) is 0.516. The van der Waals surface area contributed by atoms with Crippen LogP contribution in [0.3, 0.4) is 0 Å². The van der Waals surface area contributed by atoms with Crippen LogP contribution in [0.15, 0.2) is 59.9 Å². The highest BCUT2D eigenvalue weighted by molar-refractivity contribution is 14.0. The van der Waals surface area contributed by atoms with Crippen LogP contribution >= 0.6 is 24.0 Å². The summed E-state index contributed by atoms with van der Waals surface area (Å²) in [7, 11) is 3.77. The summed E-state index contributed by atoms with van der Waals surface area (Å²) in [5, 5.41) is 5.83. The molecular formula is C17H22IN5O. The number of aromatic nitrogens is 1. The van der Waals surface area contributed by atoms with Gasteiger partial charge in [0.05, 0.1) is 25.0 Å². The van der Waals surface area contributed by atoms with Crippen LogP contribution in [-0.4, -0.2) is 42.4 Å². The molecule has 0 bridgehead atoms. The third kappa shape index (κ3) is 6.95. The average Bonchev–Trinajstić information content (AvgIpc) is 2.56. The number of hydrogen-bond acceptors (Lipinski definition) is 3. The summed E-state index contributed by atoms with van der Waals surface area (Å²) in [6, 6.07) is 13.5. The lowest BCUT2D eigenvalue weighted by Gasteiger charge is -2.17. The number of anilines is 1. The van der Waals surface area contributed by atoms with E-state index in [1.165, 1.54) is 0 Å². The number of carbonyl (C=O) groups excluding carboxylic acids is 1. The van der Waals surface area contributed by atoms with E-state index in [2.05, 4.69) is 20.6 Å². The Hall–Kier alpha value is -2.16. The Morgan fingerprint density at radius 3 is 2.54 bits per heavy atom. The third-order valence-corrected chi connectivity index (χ3v) is 3.03. The van der Waals surface area contributed by atoms with E-state index in [1.54, 1.807) is 24.5 Å². The fourth-order valence-electron chi connectivity index (χ4n) is 1.91. The maximum atomic E-state index is 11.9. The van der Waals surface area contributed by atoms with E-state index in [9.17, 15) is 4.79 Å². The number of nitrogens with one attached hydrogen (secondary N) is 2. The lowest BCUT2D eigenvalue weighted by atomic mass is 10.2. The van der Waals surface area contributed by atoms with Crippen molar-refractivity contribution < 1.29 is 4.79 Å². The van der Waals surface area contributed by atoms with Gasteiger partial charge in [0.25, 0.3) is 0 Å². The topological polar surface area (TPSA) is 69.6 Å². The minimum absolute atomic E-state index is 0. The Morgan fingerprint density at radius 2 is 1.92 bits per heavy atom. The van der Waals surface area contributed by atoms with Crippen molar-refractivity contribution in [1.29, 1.82) is 0 Å². The van der Waals surface area contributed by atoms with Crippen molar-refractivity contribution >= 4 is 41.5 Å². The summed E-state index contributed by atoms with van der Waals surface area (Å²) >= 11 is 0. The molecule has 1 heterocycles. The van der Waals surface area contributed by atoms with Gasteiger partial charge in [-0.05, 0) is 17.7 Å². The molecule has 2 aromatic rings. The first-order chi connectivity index (χ1) is 11.1. The molecule has 1 aromatic carbocycles. The van der Waals surface area contributed by atoms with E-state index < -0.39 is 0 Å². The van der Waals surface area contributed by atoms with Gasteiger partial charge < -0.3 is 15.5 Å². The summed E-state index contributed by atoms with van der Waals surface area (Å²) in [6.45, 7) is 0.701. The van der Waals surface area contributed by atoms with Gasteiger partial charge in [-0.15, -0.1) is 24.0 Å². The molecule has 1 aromatic heterocycles. The molecule has 0 saturated heterocycles. The number of hydrogen-bond donors (Lipinski definition) is 2. The molecule has 0 atom stereocenters. The largest absolute Gasteiger partial charge is 0.349 e. The molecule has 7 heteroatoms. The molecule has 0 aliphatic heterocycles. The summed E-state index contributed by atoms with van der Waals surface area (Å²) in [6.07, 6.45) is 3.27. The first-order valence-electron chi connectivity index (χ1n) is 7.34. The molecule has 0 fully saturated rings. The number of benzene rings is 1. The van der Waals surface area contributed by atoms with Crippen molar-refractivity contribution in [2.75, 3.05) is 26.0 Å². The third-order valence-electron chi connectivity index (χ3n) is 3.03. The molecule has 24 heavy (non-hydrogen) atoms. The van der Waals surface area contributed by atoms with E-state index in [1.807, 2.05) is 49.3 Å². The average molecular weight is 439 g/mol. The number of aliphatic imine (C=N–C) groups is 1. The number of nitrogens with zero attached hydrogens (tertiary/aromatic N) is 3. The van der Waals surface area contributed by atoms with Gasteiger partial charge in [-0.1, -0.05) is 30.3 Å². The van der Waals surface area contributed by atoms with Crippen molar-refractivity contribution in [3.63, 3.8) is 0 Å². The molecule has 0 unspecified atom stereocenters. The predicted molar refractivity (Wildman–Crippen MR) is 108 cm³/mol. The van der Waals surface area contributed by atoms with Gasteiger partial charge >= 0.3 is 0 Å². The second kappa shape index (κ2) is 10.6. The van der Waals surface area contributed by atoms with Crippen LogP contribution in [0.5, 0.6) is 0 Å². The van der Waals surface area contributed by atoms with Crippen molar-refractivity contribution in [1.82, 2.24) is 15.2 Å². The molecule has 128 valence electrons. The van der Waals surface area contributed by atoms with Crippen LogP contribution in [0.4, 0.5) is 5.69 Å². The highest BCUT2D eigenvalue weighted by Gasteiger charge is 2.06. The van der Waals surface area contributed by atoms with Gasteiger partial charge in [-0.25, -0.2) is 4.99 Å². The number of rotatable bonds is 5. The van der Waals surface area contributed by atoms with Crippen molar-refractivity contribution in [2.24, 2.45) is 4.99 Å². The molecule has 0 aliphatic rings. The summed E-state index contributed by atoms with van der Waals surface area (Å²) in [5.41, 5.74) is 1.79. The Kier molecular flexibility index (Phi) is 8.77. The Morgan fingerprint density at radius 1 is 1.17 bits per heavy atom. The van der Waals surface area contributed by atoms with Gasteiger partial charge in [0, 0.05) is 20.3 Å². The highest BCUT2D eigenvalue weighted by Crippen LogP contribution is 2.02. The summed E-state index contributed by atoms with van der Waals surface area (Å²) < 4.78 is 0. The number of amides is 1. The molecule has 2 N–H and O–H groups in total. The summed E-state index contributed by atoms with van der Waals surface area (Å²) in [4.78, 5) is 22.3. The fourth-order valence-corrected chi connectivity index (χ4v) is 1.91. The van der Waals surface area contributed by atoms with Crippen LogP contribution in [0.2, 0.25) is 0 Å². The van der Waals surface area contributed by atoms with Gasteiger partial charge in [0.2, 0.25) is 5.91 Å². The van der Waals surface area contributed by atoms with Crippen molar-refractivity contribution in [3.05, 3.63) is 60.4 Å². The highest BCUT2D eigenvalue weighted by atomic mass is 127. The van der Waals surface area contributed by atoms with E-state index >= 15 is 0 Å². The Bertz CT molecular complexity index is 647. The predicted octanol–water partition coefficient (Wildman–Crippen LogP) is 2.35. The van der Waals surface area contributed by atoms with Gasteiger partial charge in [0.1, 0.15) is 0 Å². The van der Waals surface area contributed by atoms with E-state index in [-0.39, 0.29) is 36.4 Å². The van der Waals surface area contributed by atoms with Crippen LogP contribution in [0.1, 0.15) is 5.56 Å². The zero-order valence-corrected chi connectivity index (χ0v) is 16.1. The smallest absolute Gasteiger partial charge is 0.243 e. The quantitative estimate of drug-likeness (QED) is 0.427. The SMILES string of the molecule is CN(C)C(=NCc1ccccc1)NCC(=O)Nc1cccnc1.I. The number of carbonyl (C=O) groups is 1. The van der Waals surface area contributed by atoms with Crippen LogP contribution in [0, 0.1) is 0 Å². The second-order valence-electron chi connectivity index (χ2n) is 5.16. The van der Waals surface area contributed by atoms with E-state index in [0.29, 0.717) is 18.2 Å². The number of halogens is 1. The van der Waals surface area contributed by atoms with E-state index in [0.717, 1.165) is 5.56 Å². The molecule has 1 amide bonds.